The molecule has 2 heterocycles. The number of rotatable bonds is 4. The summed E-state index contributed by atoms with van der Waals surface area (Å²) in [7, 11) is -0.359. The molecule has 2 fully saturated rings. The first kappa shape index (κ1) is 13.0. The Morgan fingerprint density at radius 2 is 2.05 bits per heavy atom. The Balaban J connectivity index is 1.86. The molecule has 1 aromatic heterocycles. The molecule has 3 rings (SSSR count). The predicted molar refractivity (Wildman–Crippen MR) is 67.6 cm³/mol. The topological polar surface area (TPSA) is 79.5 Å². The minimum atomic E-state index is -3.43. The fourth-order valence-electron chi connectivity index (χ4n) is 2.36. The smallest absolute Gasteiger partial charge is 0.282 e. The Morgan fingerprint density at radius 3 is 2.68 bits per heavy atom. The Kier molecular flexibility index (Phi) is 3.11. The van der Waals surface area contributed by atoms with Crippen LogP contribution in [0.3, 0.4) is 0 Å². The lowest BCUT2D eigenvalue weighted by molar-refractivity contribution is 0.280. The highest BCUT2D eigenvalue weighted by molar-refractivity contribution is 7.86. The van der Waals surface area contributed by atoms with Gasteiger partial charge >= 0.3 is 0 Å². The largest absolute Gasteiger partial charge is 0.338 e. The maximum atomic E-state index is 12.2. The third kappa shape index (κ3) is 2.28. The van der Waals surface area contributed by atoms with Crippen LogP contribution in [0.4, 0.5) is 0 Å². The fraction of sp³-hybridized carbons (Fsp3) is 0.818. The van der Waals surface area contributed by atoms with E-state index in [9.17, 15) is 8.42 Å². The molecule has 0 spiro atoms. The van der Waals surface area contributed by atoms with E-state index in [1.165, 1.54) is 22.7 Å². The molecule has 0 bridgehead atoms. The summed E-state index contributed by atoms with van der Waals surface area (Å²) in [6.45, 7) is 0.506. The van der Waals surface area contributed by atoms with E-state index >= 15 is 0 Å². The molecular formula is C11H18N4O3S. The van der Waals surface area contributed by atoms with Gasteiger partial charge in [-0.05, 0) is 25.7 Å². The number of nitrogens with zero attached hydrogens (tertiary/aromatic N) is 4. The molecule has 0 N–H and O–H groups in total. The molecule has 1 aliphatic heterocycles. The van der Waals surface area contributed by atoms with Gasteiger partial charge in [-0.25, -0.2) is 0 Å². The van der Waals surface area contributed by atoms with Crippen LogP contribution in [0.15, 0.2) is 4.52 Å². The molecule has 1 aliphatic carbocycles. The summed E-state index contributed by atoms with van der Waals surface area (Å²) in [4.78, 5) is 4.37. The van der Waals surface area contributed by atoms with Gasteiger partial charge in [-0.15, -0.1) is 0 Å². The van der Waals surface area contributed by atoms with Crippen LogP contribution < -0.4 is 0 Å². The number of aromatic nitrogens is 2. The van der Waals surface area contributed by atoms with Gasteiger partial charge < -0.3 is 4.52 Å². The minimum absolute atomic E-state index is 0.313. The molecule has 0 radical (unpaired) electrons. The second-order valence-electron chi connectivity index (χ2n) is 5.32. The first-order valence-electron chi connectivity index (χ1n) is 6.53. The highest BCUT2D eigenvalue weighted by Gasteiger charge is 2.40. The highest BCUT2D eigenvalue weighted by Crippen LogP contribution is 2.40. The van der Waals surface area contributed by atoms with Crippen molar-refractivity contribution in [2.45, 2.75) is 37.6 Å². The zero-order chi connectivity index (χ0) is 13.6. The molecule has 1 saturated carbocycles. The second kappa shape index (κ2) is 4.53. The van der Waals surface area contributed by atoms with Crippen molar-refractivity contribution >= 4 is 10.2 Å². The van der Waals surface area contributed by atoms with Crippen molar-refractivity contribution in [1.82, 2.24) is 18.8 Å². The summed E-state index contributed by atoms with van der Waals surface area (Å²) >= 11 is 0. The molecule has 19 heavy (non-hydrogen) atoms. The number of hydrogen-bond donors (Lipinski definition) is 0. The van der Waals surface area contributed by atoms with Crippen LogP contribution in [0, 0.1) is 0 Å². The predicted octanol–water partition coefficient (Wildman–Crippen LogP) is 0.890. The van der Waals surface area contributed by atoms with E-state index in [-0.39, 0.29) is 6.04 Å². The van der Waals surface area contributed by atoms with Crippen molar-refractivity contribution in [2.24, 2.45) is 0 Å². The Labute approximate surface area is 112 Å². The maximum Gasteiger partial charge on any atom is 0.282 e. The molecule has 7 nitrogen and oxygen atoms in total. The van der Waals surface area contributed by atoms with E-state index in [2.05, 4.69) is 10.1 Å². The maximum absolute atomic E-state index is 12.2. The molecule has 1 saturated heterocycles. The molecular weight excluding hydrogens is 268 g/mol. The third-order valence-corrected chi connectivity index (χ3v) is 5.60. The normalized spacial score (nSPS) is 25.3. The van der Waals surface area contributed by atoms with Crippen LogP contribution in [-0.2, 0) is 10.2 Å². The van der Waals surface area contributed by atoms with Crippen LogP contribution in [0.1, 0.15) is 49.4 Å². The molecule has 2 aliphatic rings. The van der Waals surface area contributed by atoms with Gasteiger partial charge in [-0.2, -0.15) is 22.0 Å². The first-order valence-corrected chi connectivity index (χ1v) is 7.92. The van der Waals surface area contributed by atoms with Crippen LogP contribution >= 0.6 is 0 Å². The standard InChI is InChI=1S/C11H18N4O3S/c1-14(2)19(16,17)15-7-3-4-9(15)11-12-10(13-18-11)8-5-6-8/h8-9H,3-7H2,1-2H3. The van der Waals surface area contributed by atoms with Gasteiger partial charge in [0.05, 0.1) is 0 Å². The summed E-state index contributed by atoms with van der Waals surface area (Å²) in [6, 6.07) is -0.313. The molecule has 1 aromatic rings. The third-order valence-electron chi connectivity index (χ3n) is 3.65. The molecule has 8 heteroatoms. The minimum Gasteiger partial charge on any atom is -0.338 e. The summed E-state index contributed by atoms with van der Waals surface area (Å²) in [5, 5.41) is 3.96. The van der Waals surface area contributed by atoms with Gasteiger partial charge in [-0.1, -0.05) is 5.16 Å². The molecule has 0 aromatic carbocycles. The van der Waals surface area contributed by atoms with Gasteiger partial charge in [0, 0.05) is 26.6 Å². The first-order chi connectivity index (χ1) is 9.00. The van der Waals surface area contributed by atoms with Crippen molar-refractivity contribution in [3.8, 4) is 0 Å². The second-order valence-corrected chi connectivity index (χ2v) is 7.42. The molecule has 106 valence electrons. The van der Waals surface area contributed by atoms with E-state index in [1.54, 1.807) is 0 Å². The van der Waals surface area contributed by atoms with Crippen molar-refractivity contribution < 1.29 is 12.9 Å². The fourth-order valence-corrected chi connectivity index (χ4v) is 3.66. The van der Waals surface area contributed by atoms with E-state index in [1.807, 2.05) is 0 Å². The lowest BCUT2D eigenvalue weighted by atomic mass is 10.2. The van der Waals surface area contributed by atoms with Crippen molar-refractivity contribution in [3.63, 3.8) is 0 Å². The molecule has 1 unspecified atom stereocenters. The Bertz CT molecular complexity index is 564. The average Bonchev–Trinajstić information content (AvgIpc) is 2.92. The molecule has 0 amide bonds. The van der Waals surface area contributed by atoms with Gasteiger partial charge in [-0.3, -0.25) is 0 Å². The quantitative estimate of drug-likeness (QED) is 0.821. The summed E-state index contributed by atoms with van der Waals surface area (Å²) < 4.78 is 32.4. The van der Waals surface area contributed by atoms with Crippen LogP contribution in [0.25, 0.3) is 0 Å². The lowest BCUT2D eigenvalue weighted by Gasteiger charge is -2.24. The van der Waals surface area contributed by atoms with E-state index in [0.717, 1.165) is 31.5 Å². The number of hydrogen-bond acceptors (Lipinski definition) is 5. The monoisotopic (exact) mass is 286 g/mol. The van der Waals surface area contributed by atoms with E-state index in [0.29, 0.717) is 18.4 Å². The Morgan fingerprint density at radius 1 is 1.32 bits per heavy atom. The highest BCUT2D eigenvalue weighted by atomic mass is 32.2. The molecule has 1 atom stereocenters. The average molecular weight is 286 g/mol. The zero-order valence-corrected chi connectivity index (χ0v) is 11.9. The van der Waals surface area contributed by atoms with Gasteiger partial charge in [0.15, 0.2) is 5.82 Å². The Hall–Kier alpha value is -0.990. The van der Waals surface area contributed by atoms with Crippen molar-refractivity contribution in [2.75, 3.05) is 20.6 Å². The zero-order valence-electron chi connectivity index (χ0n) is 11.1. The lowest BCUT2D eigenvalue weighted by Crippen LogP contribution is -2.39. The van der Waals surface area contributed by atoms with E-state index in [4.69, 9.17) is 4.52 Å². The van der Waals surface area contributed by atoms with Crippen molar-refractivity contribution in [1.29, 1.82) is 0 Å². The van der Waals surface area contributed by atoms with Gasteiger partial charge in [0.1, 0.15) is 6.04 Å². The van der Waals surface area contributed by atoms with Crippen molar-refractivity contribution in [3.05, 3.63) is 11.7 Å². The summed E-state index contributed by atoms with van der Waals surface area (Å²) in [6.07, 6.45) is 3.75. The summed E-state index contributed by atoms with van der Waals surface area (Å²) in [5.74, 6) is 1.58. The summed E-state index contributed by atoms with van der Waals surface area (Å²) in [5.41, 5.74) is 0. The van der Waals surface area contributed by atoms with Crippen LogP contribution in [0.2, 0.25) is 0 Å². The SMILES string of the molecule is CN(C)S(=O)(=O)N1CCCC1c1nc(C2CC2)no1. The van der Waals surface area contributed by atoms with E-state index < -0.39 is 10.2 Å². The van der Waals surface area contributed by atoms with Gasteiger partial charge in [0.2, 0.25) is 5.89 Å². The van der Waals surface area contributed by atoms with Crippen LogP contribution in [0.5, 0.6) is 0 Å². The van der Waals surface area contributed by atoms with Gasteiger partial charge in [0.25, 0.3) is 10.2 Å². The van der Waals surface area contributed by atoms with Crippen LogP contribution in [-0.4, -0.2) is 47.8 Å².